The summed E-state index contributed by atoms with van der Waals surface area (Å²) in [7, 11) is 0. The Balaban J connectivity index is 0.00000144. The van der Waals surface area contributed by atoms with Gasteiger partial charge >= 0.3 is 0 Å². The maximum Gasteiger partial charge on any atom is 0.224 e. The van der Waals surface area contributed by atoms with Gasteiger partial charge in [0.2, 0.25) is 5.91 Å². The summed E-state index contributed by atoms with van der Waals surface area (Å²) < 4.78 is 0. The zero-order valence-corrected chi connectivity index (χ0v) is 16.9. The molecule has 1 aromatic heterocycles. The molecule has 1 N–H and O–H groups in total. The molecule has 3 heterocycles. The molecule has 0 aromatic carbocycles. The number of nitrogens with one attached hydrogen (secondary N) is 1. The van der Waals surface area contributed by atoms with Gasteiger partial charge in [-0.1, -0.05) is 13.8 Å². The summed E-state index contributed by atoms with van der Waals surface area (Å²) in [5.74, 6) is 1.25. The topological polar surface area (TPSA) is 45.2 Å². The quantitative estimate of drug-likeness (QED) is 0.841. The summed E-state index contributed by atoms with van der Waals surface area (Å²) in [6.07, 6.45) is 5.29. The number of rotatable bonds is 4. The summed E-state index contributed by atoms with van der Waals surface area (Å²) in [5, 5.41) is 6.83. The minimum Gasteiger partial charge on any atom is -0.342 e. The number of likely N-dealkylation sites (tertiary alicyclic amines) is 1. The summed E-state index contributed by atoms with van der Waals surface area (Å²) in [6.45, 7) is 7.22. The molecule has 0 bridgehead atoms. The van der Waals surface area contributed by atoms with Crippen LogP contribution in [-0.2, 0) is 4.79 Å². The summed E-state index contributed by atoms with van der Waals surface area (Å²) in [5.41, 5.74) is 1.19. The molecule has 0 aliphatic carbocycles. The molecule has 0 spiro atoms. The molecule has 0 radical (unpaired) electrons. The highest BCUT2D eigenvalue weighted by Gasteiger charge is 2.28. The fourth-order valence-corrected chi connectivity index (χ4v) is 4.54. The van der Waals surface area contributed by atoms with Crippen molar-refractivity contribution in [2.75, 3.05) is 19.6 Å². The summed E-state index contributed by atoms with van der Waals surface area (Å²) in [6, 6.07) is 0.403. The molecule has 138 valence electrons. The van der Waals surface area contributed by atoms with Crippen molar-refractivity contribution in [3.05, 3.63) is 16.1 Å². The normalized spacial score (nSPS) is 23.7. The van der Waals surface area contributed by atoms with Gasteiger partial charge in [-0.2, -0.15) is 0 Å². The number of carbonyl (C=O) groups is 1. The molecule has 2 aliphatic rings. The van der Waals surface area contributed by atoms with Gasteiger partial charge in [0.15, 0.2) is 0 Å². The molecular weight excluding hydrogens is 365 g/mol. The number of halogens is 2. The fourth-order valence-electron chi connectivity index (χ4n) is 3.43. The average Bonchev–Trinajstić information content (AvgIpc) is 3.18. The molecule has 2 unspecified atom stereocenters. The highest BCUT2D eigenvalue weighted by molar-refractivity contribution is 7.09. The van der Waals surface area contributed by atoms with Crippen LogP contribution < -0.4 is 5.32 Å². The summed E-state index contributed by atoms with van der Waals surface area (Å²) in [4.78, 5) is 19.4. The number of aromatic nitrogens is 1. The fraction of sp³-hybridized carbons (Fsp3) is 0.765. The van der Waals surface area contributed by atoms with Crippen molar-refractivity contribution in [3.63, 3.8) is 0 Å². The van der Waals surface area contributed by atoms with E-state index in [0.717, 1.165) is 38.9 Å². The zero-order valence-electron chi connectivity index (χ0n) is 14.5. The van der Waals surface area contributed by atoms with Crippen LogP contribution in [-0.4, -0.2) is 41.5 Å². The van der Waals surface area contributed by atoms with Crippen LogP contribution >= 0.6 is 36.2 Å². The van der Waals surface area contributed by atoms with Crippen LogP contribution in [0.1, 0.15) is 68.5 Å². The van der Waals surface area contributed by atoms with E-state index in [9.17, 15) is 4.79 Å². The predicted molar refractivity (Wildman–Crippen MR) is 105 cm³/mol. The van der Waals surface area contributed by atoms with E-state index in [-0.39, 0.29) is 24.8 Å². The van der Waals surface area contributed by atoms with Crippen molar-refractivity contribution in [1.29, 1.82) is 0 Å². The van der Waals surface area contributed by atoms with E-state index in [1.807, 2.05) is 0 Å². The lowest BCUT2D eigenvalue weighted by molar-refractivity contribution is -0.132. The third-order valence-electron chi connectivity index (χ3n) is 4.84. The van der Waals surface area contributed by atoms with Crippen LogP contribution in [0.15, 0.2) is 5.38 Å². The monoisotopic (exact) mass is 393 g/mol. The van der Waals surface area contributed by atoms with E-state index in [4.69, 9.17) is 4.98 Å². The Morgan fingerprint density at radius 1 is 1.38 bits per heavy atom. The average molecular weight is 394 g/mol. The zero-order chi connectivity index (χ0) is 15.5. The lowest BCUT2D eigenvalue weighted by Crippen LogP contribution is -2.41. The second-order valence-electron chi connectivity index (χ2n) is 6.94. The van der Waals surface area contributed by atoms with Gasteiger partial charge in [0.05, 0.1) is 10.7 Å². The standard InChI is InChI=1S/C17H27N3OS.2ClH/c1-12(2)15-11-22-17(19-15)13-5-4-8-20(10-13)16(21)9-14-6-3-7-18-14;;/h11-14,18H,3-10H2,1-2H3;2*1H. The van der Waals surface area contributed by atoms with E-state index in [0.29, 0.717) is 30.2 Å². The first-order chi connectivity index (χ1) is 10.6. The van der Waals surface area contributed by atoms with Crippen LogP contribution in [0.4, 0.5) is 0 Å². The molecule has 1 aromatic rings. The molecule has 4 nitrogen and oxygen atoms in total. The number of nitrogens with zero attached hydrogens (tertiary/aromatic N) is 2. The first-order valence-corrected chi connectivity index (χ1v) is 9.48. The van der Waals surface area contributed by atoms with E-state index in [1.165, 1.54) is 17.1 Å². The number of hydrogen-bond acceptors (Lipinski definition) is 4. The number of amides is 1. The number of piperidine rings is 1. The van der Waals surface area contributed by atoms with Crippen molar-refractivity contribution in [1.82, 2.24) is 15.2 Å². The smallest absolute Gasteiger partial charge is 0.224 e. The molecule has 7 heteroatoms. The lowest BCUT2D eigenvalue weighted by atomic mass is 9.98. The van der Waals surface area contributed by atoms with Gasteiger partial charge in [-0.3, -0.25) is 4.79 Å². The molecule has 2 saturated heterocycles. The molecular formula is C17H29Cl2N3OS. The van der Waals surface area contributed by atoms with Gasteiger partial charge in [-0.25, -0.2) is 4.98 Å². The number of hydrogen-bond donors (Lipinski definition) is 1. The van der Waals surface area contributed by atoms with Crippen LogP contribution in [0, 0.1) is 0 Å². The van der Waals surface area contributed by atoms with Gasteiger partial charge in [0, 0.05) is 36.9 Å². The van der Waals surface area contributed by atoms with Crippen molar-refractivity contribution in [3.8, 4) is 0 Å². The van der Waals surface area contributed by atoms with Gasteiger partial charge in [0.1, 0.15) is 0 Å². The Labute approximate surface area is 161 Å². The lowest BCUT2D eigenvalue weighted by Gasteiger charge is -2.32. The van der Waals surface area contributed by atoms with Crippen LogP contribution in [0.25, 0.3) is 0 Å². The second kappa shape index (κ2) is 9.95. The molecule has 2 atom stereocenters. The van der Waals surface area contributed by atoms with Gasteiger partial charge in [-0.15, -0.1) is 36.2 Å². The second-order valence-corrected chi connectivity index (χ2v) is 7.83. The number of carbonyl (C=O) groups excluding carboxylic acids is 1. The molecule has 24 heavy (non-hydrogen) atoms. The Morgan fingerprint density at radius 2 is 2.17 bits per heavy atom. The van der Waals surface area contributed by atoms with Crippen molar-refractivity contribution in [2.45, 2.75) is 63.8 Å². The van der Waals surface area contributed by atoms with E-state index in [1.54, 1.807) is 11.3 Å². The Kier molecular flexibility index (Phi) is 8.99. The minimum absolute atomic E-state index is 0. The van der Waals surface area contributed by atoms with E-state index < -0.39 is 0 Å². The Bertz CT molecular complexity index is 518. The van der Waals surface area contributed by atoms with Crippen molar-refractivity contribution >= 4 is 42.1 Å². The first-order valence-electron chi connectivity index (χ1n) is 8.60. The SMILES string of the molecule is CC(C)c1csc(C2CCCN(C(=O)CC3CCCN3)C2)n1.Cl.Cl. The molecule has 2 fully saturated rings. The van der Waals surface area contributed by atoms with Crippen molar-refractivity contribution < 1.29 is 4.79 Å². The van der Waals surface area contributed by atoms with E-state index in [2.05, 4.69) is 29.4 Å². The van der Waals surface area contributed by atoms with Gasteiger partial charge in [-0.05, 0) is 38.1 Å². The highest BCUT2D eigenvalue weighted by atomic mass is 35.5. The summed E-state index contributed by atoms with van der Waals surface area (Å²) >= 11 is 1.77. The van der Waals surface area contributed by atoms with Gasteiger partial charge in [0.25, 0.3) is 0 Å². The van der Waals surface area contributed by atoms with Crippen LogP contribution in [0.2, 0.25) is 0 Å². The third kappa shape index (κ3) is 5.32. The Morgan fingerprint density at radius 3 is 2.79 bits per heavy atom. The van der Waals surface area contributed by atoms with E-state index >= 15 is 0 Å². The minimum atomic E-state index is 0. The Hall–Kier alpha value is -0.360. The van der Waals surface area contributed by atoms with Gasteiger partial charge < -0.3 is 10.2 Å². The maximum absolute atomic E-state index is 12.5. The molecule has 0 saturated carbocycles. The first kappa shape index (κ1) is 21.7. The predicted octanol–water partition coefficient (Wildman–Crippen LogP) is 3.96. The molecule has 2 aliphatic heterocycles. The molecule has 1 amide bonds. The van der Waals surface area contributed by atoms with Crippen LogP contribution in [0.3, 0.4) is 0 Å². The largest absolute Gasteiger partial charge is 0.342 e. The van der Waals surface area contributed by atoms with Crippen molar-refractivity contribution in [2.24, 2.45) is 0 Å². The molecule has 3 rings (SSSR count). The maximum atomic E-state index is 12.5. The number of thiazole rings is 1. The van der Waals surface area contributed by atoms with Crippen LogP contribution in [0.5, 0.6) is 0 Å². The third-order valence-corrected chi connectivity index (χ3v) is 5.86. The highest BCUT2D eigenvalue weighted by Crippen LogP contribution is 2.31.